The van der Waals surface area contributed by atoms with Gasteiger partial charge in [0.25, 0.3) is 0 Å². The Hall–Kier alpha value is -1.55. The van der Waals surface area contributed by atoms with E-state index in [1.807, 2.05) is 24.3 Å². The molecule has 1 aromatic rings. The quantitative estimate of drug-likeness (QED) is 0.403. The molecule has 13 heavy (non-hydrogen) atoms. The number of hydrogen-bond donors (Lipinski definition) is 4. The van der Waals surface area contributed by atoms with Crippen LogP contribution in [0.2, 0.25) is 0 Å². The minimum Gasteiger partial charge on any atom is -0.396 e. The van der Waals surface area contributed by atoms with E-state index in [1.165, 1.54) is 0 Å². The van der Waals surface area contributed by atoms with E-state index in [2.05, 4.69) is 5.32 Å². The Morgan fingerprint density at radius 2 is 2.31 bits per heavy atom. The van der Waals surface area contributed by atoms with E-state index in [4.69, 9.17) is 16.2 Å². The highest BCUT2D eigenvalue weighted by molar-refractivity contribution is 5.89. The van der Waals surface area contributed by atoms with Crippen LogP contribution >= 0.6 is 0 Å². The van der Waals surface area contributed by atoms with Gasteiger partial charge in [0.1, 0.15) is 0 Å². The molecule has 0 aromatic heterocycles. The van der Waals surface area contributed by atoms with Crippen molar-refractivity contribution < 1.29 is 5.11 Å². The van der Waals surface area contributed by atoms with Crippen molar-refractivity contribution in [3.63, 3.8) is 0 Å². The average Bonchev–Trinajstić information content (AvgIpc) is 2.04. The van der Waals surface area contributed by atoms with E-state index in [0.29, 0.717) is 6.42 Å². The molecule has 0 unspecified atom stereocenters. The van der Waals surface area contributed by atoms with Gasteiger partial charge in [0.05, 0.1) is 0 Å². The van der Waals surface area contributed by atoms with Crippen LogP contribution in [0.25, 0.3) is 0 Å². The van der Waals surface area contributed by atoms with Crippen LogP contribution in [0.5, 0.6) is 0 Å². The molecule has 0 heterocycles. The van der Waals surface area contributed by atoms with Crippen molar-refractivity contribution in [2.75, 3.05) is 11.9 Å². The third-order valence-electron chi connectivity index (χ3n) is 1.61. The van der Waals surface area contributed by atoms with E-state index in [1.54, 1.807) is 0 Å². The lowest BCUT2D eigenvalue weighted by molar-refractivity contribution is 0.299. The van der Waals surface area contributed by atoms with E-state index in [-0.39, 0.29) is 12.6 Å². The van der Waals surface area contributed by atoms with Gasteiger partial charge >= 0.3 is 0 Å². The maximum Gasteiger partial charge on any atom is 0.190 e. The molecule has 0 atom stereocenters. The van der Waals surface area contributed by atoms with Crippen LogP contribution in [0.1, 0.15) is 5.56 Å². The normalized spacial score (nSPS) is 9.62. The van der Waals surface area contributed by atoms with Gasteiger partial charge < -0.3 is 16.2 Å². The van der Waals surface area contributed by atoms with Crippen LogP contribution in [0.4, 0.5) is 5.69 Å². The van der Waals surface area contributed by atoms with Gasteiger partial charge in [-0.15, -0.1) is 0 Å². The number of aliphatic hydroxyl groups excluding tert-OH is 1. The van der Waals surface area contributed by atoms with Crippen LogP contribution in [0, 0.1) is 5.41 Å². The lowest BCUT2D eigenvalue weighted by Gasteiger charge is -2.05. The first-order valence-electron chi connectivity index (χ1n) is 4.03. The predicted octanol–water partition coefficient (Wildman–Crippen LogP) is 0.527. The SMILES string of the molecule is N=C(N)Nc1cccc(CCO)c1. The summed E-state index contributed by atoms with van der Waals surface area (Å²) in [6, 6.07) is 7.46. The molecular weight excluding hydrogens is 166 g/mol. The topological polar surface area (TPSA) is 82.1 Å². The molecule has 4 heteroatoms. The summed E-state index contributed by atoms with van der Waals surface area (Å²) >= 11 is 0. The monoisotopic (exact) mass is 179 g/mol. The molecule has 0 aliphatic heterocycles. The predicted molar refractivity (Wildman–Crippen MR) is 52.8 cm³/mol. The Balaban J connectivity index is 2.73. The second kappa shape index (κ2) is 4.47. The molecule has 1 aromatic carbocycles. The van der Waals surface area contributed by atoms with Crippen molar-refractivity contribution in [2.24, 2.45) is 5.73 Å². The summed E-state index contributed by atoms with van der Waals surface area (Å²) in [5, 5.41) is 18.4. The molecule has 70 valence electrons. The van der Waals surface area contributed by atoms with Crippen molar-refractivity contribution in [2.45, 2.75) is 6.42 Å². The first kappa shape index (κ1) is 9.54. The minimum atomic E-state index is -0.0823. The average molecular weight is 179 g/mol. The maximum absolute atomic E-state index is 8.71. The third-order valence-corrected chi connectivity index (χ3v) is 1.61. The van der Waals surface area contributed by atoms with E-state index < -0.39 is 0 Å². The second-order valence-electron chi connectivity index (χ2n) is 2.71. The fraction of sp³-hybridized carbons (Fsp3) is 0.222. The van der Waals surface area contributed by atoms with Gasteiger partial charge in [0, 0.05) is 12.3 Å². The third kappa shape index (κ3) is 3.13. The number of benzene rings is 1. The van der Waals surface area contributed by atoms with Crippen LogP contribution in [-0.2, 0) is 6.42 Å². The van der Waals surface area contributed by atoms with Crippen molar-refractivity contribution in [3.05, 3.63) is 29.8 Å². The molecule has 0 aliphatic rings. The number of hydrogen-bond acceptors (Lipinski definition) is 2. The van der Waals surface area contributed by atoms with Gasteiger partial charge in [-0.2, -0.15) is 0 Å². The molecule has 4 nitrogen and oxygen atoms in total. The molecule has 0 fully saturated rings. The number of guanidine groups is 1. The van der Waals surface area contributed by atoms with Gasteiger partial charge in [-0.25, -0.2) is 0 Å². The van der Waals surface area contributed by atoms with Crippen LogP contribution < -0.4 is 11.1 Å². The zero-order chi connectivity index (χ0) is 9.68. The lowest BCUT2D eigenvalue weighted by Crippen LogP contribution is -2.20. The summed E-state index contributed by atoms with van der Waals surface area (Å²) in [5.74, 6) is -0.0823. The summed E-state index contributed by atoms with van der Waals surface area (Å²) in [6.45, 7) is 0.128. The van der Waals surface area contributed by atoms with Crippen molar-refractivity contribution in [1.29, 1.82) is 5.41 Å². The van der Waals surface area contributed by atoms with Crippen LogP contribution in [0.15, 0.2) is 24.3 Å². The lowest BCUT2D eigenvalue weighted by atomic mass is 10.1. The standard InChI is InChI=1S/C9H13N3O/c10-9(11)12-8-3-1-2-7(6-8)4-5-13/h1-3,6,13H,4-5H2,(H4,10,11,12). The van der Waals surface area contributed by atoms with E-state index >= 15 is 0 Å². The number of nitrogens with two attached hydrogens (primary N) is 1. The maximum atomic E-state index is 8.71. The molecule has 1 rings (SSSR count). The number of aliphatic hydroxyl groups is 1. The summed E-state index contributed by atoms with van der Waals surface area (Å²) in [7, 11) is 0. The Morgan fingerprint density at radius 3 is 2.92 bits per heavy atom. The van der Waals surface area contributed by atoms with Crippen molar-refractivity contribution in [3.8, 4) is 0 Å². The molecule has 0 saturated heterocycles. The second-order valence-corrected chi connectivity index (χ2v) is 2.71. The van der Waals surface area contributed by atoms with Crippen molar-refractivity contribution >= 4 is 11.6 Å². The number of rotatable bonds is 3. The highest BCUT2D eigenvalue weighted by atomic mass is 16.2. The first-order chi connectivity index (χ1) is 6.22. The zero-order valence-electron chi connectivity index (χ0n) is 7.25. The molecule has 5 N–H and O–H groups in total. The van der Waals surface area contributed by atoms with Crippen LogP contribution in [-0.4, -0.2) is 17.7 Å². The molecule has 0 saturated carbocycles. The summed E-state index contributed by atoms with van der Waals surface area (Å²) in [5.41, 5.74) is 6.97. The Labute approximate surface area is 76.9 Å². The Kier molecular flexibility index (Phi) is 3.28. The van der Waals surface area contributed by atoms with Crippen molar-refractivity contribution in [1.82, 2.24) is 0 Å². The highest BCUT2D eigenvalue weighted by Crippen LogP contribution is 2.10. The fourth-order valence-corrected chi connectivity index (χ4v) is 1.09. The summed E-state index contributed by atoms with van der Waals surface area (Å²) in [4.78, 5) is 0. The molecule has 0 bridgehead atoms. The first-order valence-corrected chi connectivity index (χ1v) is 4.03. The zero-order valence-corrected chi connectivity index (χ0v) is 7.25. The smallest absolute Gasteiger partial charge is 0.190 e. The molecule has 0 radical (unpaired) electrons. The largest absolute Gasteiger partial charge is 0.396 e. The number of anilines is 1. The summed E-state index contributed by atoms with van der Waals surface area (Å²) in [6.07, 6.45) is 0.618. The Morgan fingerprint density at radius 1 is 1.54 bits per heavy atom. The fourth-order valence-electron chi connectivity index (χ4n) is 1.09. The Bertz CT molecular complexity index is 299. The van der Waals surface area contributed by atoms with E-state index in [9.17, 15) is 0 Å². The van der Waals surface area contributed by atoms with Gasteiger partial charge in [0.15, 0.2) is 5.96 Å². The molecule has 0 amide bonds. The number of nitrogens with one attached hydrogen (secondary N) is 2. The van der Waals surface area contributed by atoms with Crippen LogP contribution in [0.3, 0.4) is 0 Å². The summed E-state index contributed by atoms with van der Waals surface area (Å²) < 4.78 is 0. The molecule has 0 spiro atoms. The van der Waals surface area contributed by atoms with Gasteiger partial charge in [-0.1, -0.05) is 12.1 Å². The van der Waals surface area contributed by atoms with Gasteiger partial charge in [0.2, 0.25) is 0 Å². The highest BCUT2D eigenvalue weighted by Gasteiger charge is 1.95. The van der Waals surface area contributed by atoms with Gasteiger partial charge in [-0.05, 0) is 24.1 Å². The molecule has 0 aliphatic carbocycles. The minimum absolute atomic E-state index is 0.0823. The van der Waals surface area contributed by atoms with E-state index in [0.717, 1.165) is 11.3 Å². The molecular formula is C9H13N3O. The van der Waals surface area contributed by atoms with Gasteiger partial charge in [-0.3, -0.25) is 5.41 Å².